The van der Waals surface area contributed by atoms with E-state index < -0.39 is 47.9 Å². The van der Waals surface area contributed by atoms with E-state index in [9.17, 15) is 24.3 Å². The number of carbonyl (C=O) groups is 4. The second-order valence-corrected chi connectivity index (χ2v) is 9.79. The largest absolute Gasteiger partial charge is 0.480 e. The molecule has 1 aromatic rings. The number of H-pyrrole nitrogens is 1. The van der Waals surface area contributed by atoms with Crippen LogP contribution in [0.1, 0.15) is 38.8 Å². The summed E-state index contributed by atoms with van der Waals surface area (Å²) < 4.78 is 0. The topological polar surface area (TPSA) is 244 Å². The van der Waals surface area contributed by atoms with Gasteiger partial charge in [0.25, 0.3) is 0 Å². The molecule has 1 heterocycles. The van der Waals surface area contributed by atoms with Crippen LogP contribution in [-0.4, -0.2) is 87.4 Å². The van der Waals surface area contributed by atoms with Gasteiger partial charge in [0, 0.05) is 24.9 Å². The van der Waals surface area contributed by atoms with Crippen molar-refractivity contribution in [2.75, 3.05) is 18.6 Å². The number of thioether (sulfide) groups is 1. The van der Waals surface area contributed by atoms with Crippen LogP contribution >= 0.6 is 11.8 Å². The standard InChI is InChI=1S/C22H39N9O5S/c1-12(2)17(20(34)29-15(21(35)36)5-4-7-27-22(24)25)31-19(33)16(9-13-10-26-11-28-13)30-18(32)14(23)6-8-37-3/h10-12,14-17H,4-9,23H2,1-3H3,(H,26,28)(H,29,34)(H,30,32)(H,31,33)(H,35,36)(H4,24,25,27). The third-order valence-corrected chi connectivity index (χ3v) is 6.03. The first-order valence-corrected chi connectivity index (χ1v) is 13.3. The highest BCUT2D eigenvalue weighted by atomic mass is 32.2. The highest BCUT2D eigenvalue weighted by molar-refractivity contribution is 7.98. The lowest BCUT2D eigenvalue weighted by molar-refractivity contribution is -0.142. The van der Waals surface area contributed by atoms with Crippen molar-refractivity contribution in [1.29, 1.82) is 0 Å². The van der Waals surface area contributed by atoms with Gasteiger partial charge in [-0.25, -0.2) is 9.78 Å². The molecule has 0 aromatic carbocycles. The molecule has 1 aromatic heterocycles. The van der Waals surface area contributed by atoms with Crippen LogP contribution in [-0.2, 0) is 25.6 Å². The van der Waals surface area contributed by atoms with Gasteiger partial charge in [-0.2, -0.15) is 11.8 Å². The molecule has 0 aliphatic heterocycles. The molecule has 11 N–H and O–H groups in total. The van der Waals surface area contributed by atoms with Gasteiger partial charge in [0.15, 0.2) is 5.96 Å². The molecule has 37 heavy (non-hydrogen) atoms. The predicted molar refractivity (Wildman–Crippen MR) is 141 cm³/mol. The number of aliphatic carboxylic acids is 1. The summed E-state index contributed by atoms with van der Waals surface area (Å²) in [4.78, 5) is 61.1. The summed E-state index contributed by atoms with van der Waals surface area (Å²) in [5.41, 5.74) is 17.1. The number of nitrogens with two attached hydrogens (primary N) is 3. The van der Waals surface area contributed by atoms with E-state index in [1.807, 2.05) is 6.26 Å². The van der Waals surface area contributed by atoms with E-state index in [1.165, 1.54) is 12.5 Å². The molecule has 4 unspecified atom stereocenters. The summed E-state index contributed by atoms with van der Waals surface area (Å²) in [5, 5.41) is 17.3. The minimum absolute atomic E-state index is 0.0851. The number of carboxylic acids is 1. The van der Waals surface area contributed by atoms with Crippen LogP contribution in [0.25, 0.3) is 0 Å². The molecule has 14 nitrogen and oxygen atoms in total. The van der Waals surface area contributed by atoms with Crippen molar-refractivity contribution in [2.24, 2.45) is 28.1 Å². The van der Waals surface area contributed by atoms with Gasteiger partial charge in [-0.15, -0.1) is 0 Å². The molecular weight excluding hydrogens is 502 g/mol. The van der Waals surface area contributed by atoms with Crippen molar-refractivity contribution in [3.05, 3.63) is 18.2 Å². The molecule has 15 heteroatoms. The lowest BCUT2D eigenvalue weighted by atomic mass is 10.0. The van der Waals surface area contributed by atoms with E-state index >= 15 is 0 Å². The molecule has 0 fully saturated rings. The SMILES string of the molecule is CSCCC(N)C(=O)NC(Cc1cnc[nH]1)C(=O)NC(C(=O)NC(CCCN=C(N)N)C(=O)O)C(C)C. The Morgan fingerprint density at radius 3 is 2.30 bits per heavy atom. The summed E-state index contributed by atoms with van der Waals surface area (Å²) in [6.45, 7) is 3.63. The molecule has 0 radical (unpaired) electrons. The second kappa shape index (κ2) is 16.4. The molecule has 0 aliphatic rings. The summed E-state index contributed by atoms with van der Waals surface area (Å²) in [7, 11) is 0. The number of amides is 3. The van der Waals surface area contributed by atoms with Crippen LogP contribution < -0.4 is 33.2 Å². The minimum atomic E-state index is -1.23. The zero-order valence-electron chi connectivity index (χ0n) is 21.4. The fourth-order valence-electron chi connectivity index (χ4n) is 3.29. The number of nitrogens with one attached hydrogen (secondary N) is 4. The van der Waals surface area contributed by atoms with Crippen LogP contribution in [0.4, 0.5) is 0 Å². The maximum absolute atomic E-state index is 13.2. The molecule has 0 saturated carbocycles. The van der Waals surface area contributed by atoms with Crippen molar-refractivity contribution < 1.29 is 24.3 Å². The Labute approximate surface area is 220 Å². The van der Waals surface area contributed by atoms with Gasteiger partial charge in [0.1, 0.15) is 18.1 Å². The number of imidazole rings is 1. The van der Waals surface area contributed by atoms with Gasteiger partial charge in [-0.05, 0) is 37.2 Å². The Balaban J connectivity index is 2.94. The van der Waals surface area contributed by atoms with Gasteiger partial charge < -0.3 is 43.2 Å². The first-order chi connectivity index (χ1) is 17.5. The van der Waals surface area contributed by atoms with Crippen LogP contribution in [0, 0.1) is 5.92 Å². The Morgan fingerprint density at radius 1 is 1.08 bits per heavy atom. The zero-order chi connectivity index (χ0) is 28.0. The fourth-order valence-corrected chi connectivity index (χ4v) is 3.78. The quantitative estimate of drug-likeness (QED) is 0.0629. The van der Waals surface area contributed by atoms with Crippen LogP contribution in [0.15, 0.2) is 17.5 Å². The van der Waals surface area contributed by atoms with Gasteiger partial charge >= 0.3 is 5.97 Å². The molecule has 3 amide bonds. The number of aromatic amines is 1. The second-order valence-electron chi connectivity index (χ2n) is 8.81. The number of aliphatic imine (C=N–C) groups is 1. The van der Waals surface area contributed by atoms with Gasteiger partial charge in [-0.3, -0.25) is 19.4 Å². The molecule has 0 saturated heterocycles. The van der Waals surface area contributed by atoms with Gasteiger partial charge in [0.2, 0.25) is 17.7 Å². The number of aromatic nitrogens is 2. The molecule has 4 atom stereocenters. The normalized spacial score (nSPS) is 14.2. The average Bonchev–Trinajstić information content (AvgIpc) is 3.34. The number of carboxylic acid groups (broad SMARTS) is 1. The Morgan fingerprint density at radius 2 is 1.76 bits per heavy atom. The van der Waals surface area contributed by atoms with E-state index in [1.54, 1.807) is 25.6 Å². The van der Waals surface area contributed by atoms with Crippen molar-refractivity contribution >= 4 is 41.4 Å². The molecule has 0 aliphatic carbocycles. The molecule has 0 bridgehead atoms. The highest BCUT2D eigenvalue weighted by Gasteiger charge is 2.32. The van der Waals surface area contributed by atoms with Crippen molar-refractivity contribution in [2.45, 2.75) is 63.7 Å². The lowest BCUT2D eigenvalue weighted by Crippen LogP contribution is -2.59. The average molecular weight is 542 g/mol. The smallest absolute Gasteiger partial charge is 0.326 e. The Bertz CT molecular complexity index is 906. The molecule has 1 rings (SSSR count). The number of rotatable bonds is 17. The molecule has 0 spiro atoms. The number of nitrogens with zero attached hydrogens (tertiary/aromatic N) is 2. The van der Waals surface area contributed by atoms with Crippen molar-refractivity contribution in [3.8, 4) is 0 Å². The fraction of sp³-hybridized carbons (Fsp3) is 0.636. The summed E-state index contributed by atoms with van der Waals surface area (Å²) in [5.74, 6) is -2.82. The van der Waals surface area contributed by atoms with Crippen LogP contribution in [0.5, 0.6) is 0 Å². The third kappa shape index (κ3) is 12.0. The lowest BCUT2D eigenvalue weighted by Gasteiger charge is -2.27. The van der Waals surface area contributed by atoms with E-state index in [-0.39, 0.29) is 31.3 Å². The van der Waals surface area contributed by atoms with E-state index in [4.69, 9.17) is 17.2 Å². The molecule has 208 valence electrons. The maximum atomic E-state index is 13.2. The number of hydrogen-bond acceptors (Lipinski definition) is 8. The summed E-state index contributed by atoms with van der Waals surface area (Å²) in [6, 6.07) is -4.10. The van der Waals surface area contributed by atoms with Gasteiger partial charge in [0.05, 0.1) is 12.4 Å². The number of carbonyl (C=O) groups excluding carboxylic acids is 3. The monoisotopic (exact) mass is 541 g/mol. The number of guanidine groups is 1. The van der Waals surface area contributed by atoms with Crippen LogP contribution in [0.2, 0.25) is 0 Å². The highest BCUT2D eigenvalue weighted by Crippen LogP contribution is 2.08. The van der Waals surface area contributed by atoms with E-state index in [0.29, 0.717) is 24.3 Å². The van der Waals surface area contributed by atoms with Gasteiger partial charge in [-0.1, -0.05) is 13.8 Å². The Hall–Kier alpha value is -3.33. The molecular formula is C22H39N9O5S. The van der Waals surface area contributed by atoms with Crippen molar-refractivity contribution in [3.63, 3.8) is 0 Å². The first kappa shape index (κ1) is 31.7. The minimum Gasteiger partial charge on any atom is -0.480 e. The van der Waals surface area contributed by atoms with E-state index in [2.05, 4.69) is 30.9 Å². The predicted octanol–water partition coefficient (Wildman–Crippen LogP) is -1.72. The third-order valence-electron chi connectivity index (χ3n) is 5.39. The number of hydrogen-bond donors (Lipinski definition) is 8. The van der Waals surface area contributed by atoms with Crippen molar-refractivity contribution in [1.82, 2.24) is 25.9 Å². The van der Waals surface area contributed by atoms with Crippen LogP contribution in [0.3, 0.4) is 0 Å². The summed E-state index contributed by atoms with van der Waals surface area (Å²) >= 11 is 1.55. The zero-order valence-corrected chi connectivity index (χ0v) is 22.2. The summed E-state index contributed by atoms with van der Waals surface area (Å²) in [6.07, 6.45) is 5.79. The maximum Gasteiger partial charge on any atom is 0.326 e. The van der Waals surface area contributed by atoms with E-state index in [0.717, 1.165) is 0 Å². The first-order valence-electron chi connectivity index (χ1n) is 11.9. The Kier molecular flexibility index (Phi) is 14.1.